The molecule has 0 spiro atoms. The van der Waals surface area contributed by atoms with Crippen LogP contribution in [-0.2, 0) is 4.74 Å². The molecule has 2 heteroatoms. The Morgan fingerprint density at radius 2 is 1.50 bits per heavy atom. The second-order valence-corrected chi connectivity index (χ2v) is 5.49. The quantitative estimate of drug-likeness (QED) is 0.746. The molecule has 0 amide bonds. The smallest absolute Gasteiger partial charge is 0.0701 e. The standard InChI is InChI=1S/C12H20O2/c13-1-2-14-12-10-4-8-3-9(6-10)7-11(12)5-8/h8-13H,1-7H2. The molecule has 0 saturated heterocycles. The summed E-state index contributed by atoms with van der Waals surface area (Å²) >= 11 is 0. The van der Waals surface area contributed by atoms with Crippen molar-refractivity contribution in [2.75, 3.05) is 13.2 Å². The van der Waals surface area contributed by atoms with Crippen LogP contribution in [0.5, 0.6) is 0 Å². The highest BCUT2D eigenvalue weighted by Crippen LogP contribution is 2.54. The Labute approximate surface area is 85.6 Å². The van der Waals surface area contributed by atoms with Gasteiger partial charge in [0, 0.05) is 0 Å². The molecule has 80 valence electrons. The first kappa shape index (κ1) is 9.17. The van der Waals surface area contributed by atoms with E-state index in [2.05, 4.69) is 0 Å². The van der Waals surface area contributed by atoms with Crippen LogP contribution in [0.2, 0.25) is 0 Å². The van der Waals surface area contributed by atoms with Gasteiger partial charge in [-0.15, -0.1) is 0 Å². The van der Waals surface area contributed by atoms with Gasteiger partial charge in [0.15, 0.2) is 0 Å². The molecule has 4 fully saturated rings. The van der Waals surface area contributed by atoms with Gasteiger partial charge in [0.2, 0.25) is 0 Å². The zero-order valence-electron chi connectivity index (χ0n) is 8.69. The molecule has 4 saturated carbocycles. The molecular weight excluding hydrogens is 176 g/mol. The molecule has 4 bridgehead atoms. The van der Waals surface area contributed by atoms with Gasteiger partial charge in [0.25, 0.3) is 0 Å². The molecule has 0 aromatic carbocycles. The maximum Gasteiger partial charge on any atom is 0.0701 e. The highest BCUT2D eigenvalue weighted by molar-refractivity contribution is 4.98. The lowest BCUT2D eigenvalue weighted by Crippen LogP contribution is -2.49. The Morgan fingerprint density at radius 1 is 0.929 bits per heavy atom. The predicted octanol–water partition coefficient (Wildman–Crippen LogP) is 1.82. The van der Waals surface area contributed by atoms with E-state index < -0.39 is 0 Å². The van der Waals surface area contributed by atoms with Crippen molar-refractivity contribution in [3.8, 4) is 0 Å². The number of hydrogen-bond donors (Lipinski definition) is 1. The lowest BCUT2D eigenvalue weighted by Gasteiger charge is -2.53. The van der Waals surface area contributed by atoms with E-state index in [9.17, 15) is 0 Å². The number of aliphatic hydroxyl groups excluding tert-OH is 1. The second kappa shape index (κ2) is 3.49. The molecule has 4 aliphatic carbocycles. The number of hydrogen-bond acceptors (Lipinski definition) is 2. The Morgan fingerprint density at radius 3 is 2.00 bits per heavy atom. The minimum Gasteiger partial charge on any atom is -0.394 e. The van der Waals surface area contributed by atoms with Crippen molar-refractivity contribution in [2.45, 2.75) is 38.2 Å². The largest absolute Gasteiger partial charge is 0.394 e. The molecule has 14 heavy (non-hydrogen) atoms. The Hall–Kier alpha value is -0.0800. The molecule has 0 aliphatic heterocycles. The van der Waals surface area contributed by atoms with Crippen LogP contribution in [0, 0.1) is 23.7 Å². The summed E-state index contributed by atoms with van der Waals surface area (Å²) in [5.74, 6) is 3.70. The van der Waals surface area contributed by atoms with Gasteiger partial charge in [-0.1, -0.05) is 0 Å². The first-order valence-corrected chi connectivity index (χ1v) is 6.09. The van der Waals surface area contributed by atoms with E-state index in [1.54, 1.807) is 0 Å². The molecular formula is C12H20O2. The maximum absolute atomic E-state index is 8.80. The zero-order chi connectivity index (χ0) is 9.54. The van der Waals surface area contributed by atoms with Crippen LogP contribution < -0.4 is 0 Å². The first-order chi connectivity index (χ1) is 6.86. The third-order valence-electron chi connectivity index (χ3n) is 4.54. The highest BCUT2D eigenvalue weighted by atomic mass is 16.5. The molecule has 0 aromatic heterocycles. The van der Waals surface area contributed by atoms with E-state index in [0.717, 1.165) is 23.7 Å². The van der Waals surface area contributed by atoms with E-state index in [1.807, 2.05) is 0 Å². The number of ether oxygens (including phenoxy) is 1. The molecule has 1 N–H and O–H groups in total. The topological polar surface area (TPSA) is 29.5 Å². The van der Waals surface area contributed by atoms with Crippen LogP contribution in [0.3, 0.4) is 0 Å². The molecule has 0 atom stereocenters. The lowest BCUT2D eigenvalue weighted by molar-refractivity contribution is -0.130. The summed E-state index contributed by atoms with van der Waals surface area (Å²) in [6, 6.07) is 0. The van der Waals surface area contributed by atoms with E-state index in [1.165, 1.54) is 32.1 Å². The van der Waals surface area contributed by atoms with Gasteiger partial charge in [-0.25, -0.2) is 0 Å². The lowest BCUT2D eigenvalue weighted by atomic mass is 9.55. The summed E-state index contributed by atoms with van der Waals surface area (Å²) in [7, 11) is 0. The van der Waals surface area contributed by atoms with E-state index >= 15 is 0 Å². The van der Waals surface area contributed by atoms with Gasteiger partial charge >= 0.3 is 0 Å². The normalized spacial score (nSPS) is 49.9. The van der Waals surface area contributed by atoms with Crippen molar-refractivity contribution in [1.29, 1.82) is 0 Å². The molecule has 2 nitrogen and oxygen atoms in total. The van der Waals surface area contributed by atoms with Gasteiger partial charge in [-0.2, -0.15) is 0 Å². The van der Waals surface area contributed by atoms with Gasteiger partial charge in [0.05, 0.1) is 19.3 Å². The van der Waals surface area contributed by atoms with Gasteiger partial charge in [0.1, 0.15) is 0 Å². The molecule has 0 radical (unpaired) electrons. The van der Waals surface area contributed by atoms with Crippen molar-refractivity contribution >= 4 is 0 Å². The van der Waals surface area contributed by atoms with Gasteiger partial charge < -0.3 is 9.84 Å². The van der Waals surface area contributed by atoms with Crippen molar-refractivity contribution in [3.63, 3.8) is 0 Å². The molecule has 0 aromatic rings. The summed E-state index contributed by atoms with van der Waals surface area (Å²) in [6.07, 6.45) is 7.62. The van der Waals surface area contributed by atoms with Crippen LogP contribution in [0.4, 0.5) is 0 Å². The second-order valence-electron chi connectivity index (χ2n) is 5.49. The summed E-state index contributed by atoms with van der Waals surface area (Å²) in [6.45, 7) is 0.732. The van der Waals surface area contributed by atoms with Gasteiger partial charge in [-0.3, -0.25) is 0 Å². The summed E-state index contributed by atoms with van der Waals surface area (Å²) in [5.41, 5.74) is 0. The fraction of sp³-hybridized carbons (Fsp3) is 1.00. The molecule has 0 unspecified atom stereocenters. The van der Waals surface area contributed by atoms with Crippen molar-refractivity contribution in [2.24, 2.45) is 23.7 Å². The van der Waals surface area contributed by atoms with E-state index in [-0.39, 0.29) is 6.61 Å². The first-order valence-electron chi connectivity index (χ1n) is 6.09. The van der Waals surface area contributed by atoms with Crippen LogP contribution in [-0.4, -0.2) is 24.4 Å². The third-order valence-corrected chi connectivity index (χ3v) is 4.54. The van der Waals surface area contributed by atoms with Gasteiger partial charge in [-0.05, 0) is 55.8 Å². The Kier molecular flexibility index (Phi) is 2.29. The minimum atomic E-state index is 0.183. The summed E-state index contributed by atoms with van der Waals surface area (Å²) in [5, 5.41) is 8.80. The van der Waals surface area contributed by atoms with Crippen LogP contribution >= 0.6 is 0 Å². The van der Waals surface area contributed by atoms with Crippen LogP contribution in [0.25, 0.3) is 0 Å². The van der Waals surface area contributed by atoms with E-state index in [4.69, 9.17) is 9.84 Å². The summed E-state index contributed by atoms with van der Waals surface area (Å²) < 4.78 is 5.82. The van der Waals surface area contributed by atoms with Crippen LogP contribution in [0.15, 0.2) is 0 Å². The number of aliphatic hydroxyl groups is 1. The third kappa shape index (κ3) is 1.40. The summed E-state index contributed by atoms with van der Waals surface area (Å²) in [4.78, 5) is 0. The molecule has 4 rings (SSSR count). The SMILES string of the molecule is OCCOC1C2CC3CC(C2)CC1C3. The van der Waals surface area contributed by atoms with Crippen molar-refractivity contribution in [3.05, 3.63) is 0 Å². The highest BCUT2D eigenvalue weighted by Gasteiger charge is 2.48. The fourth-order valence-electron chi connectivity index (χ4n) is 4.34. The van der Waals surface area contributed by atoms with Crippen molar-refractivity contribution < 1.29 is 9.84 Å². The molecule has 4 aliphatic rings. The fourth-order valence-corrected chi connectivity index (χ4v) is 4.34. The number of rotatable bonds is 3. The average Bonchev–Trinajstić information content (AvgIpc) is 2.15. The Balaban J connectivity index is 1.69. The maximum atomic E-state index is 8.80. The molecule has 0 heterocycles. The van der Waals surface area contributed by atoms with Crippen LogP contribution in [0.1, 0.15) is 32.1 Å². The van der Waals surface area contributed by atoms with Crippen molar-refractivity contribution in [1.82, 2.24) is 0 Å². The minimum absolute atomic E-state index is 0.183. The monoisotopic (exact) mass is 196 g/mol. The van der Waals surface area contributed by atoms with E-state index in [0.29, 0.717) is 12.7 Å². The zero-order valence-corrected chi connectivity index (χ0v) is 8.69. The Bertz CT molecular complexity index is 186. The average molecular weight is 196 g/mol. The predicted molar refractivity (Wildman–Crippen MR) is 53.9 cm³/mol.